The highest BCUT2D eigenvalue weighted by Crippen LogP contribution is 2.41. The van der Waals surface area contributed by atoms with Crippen LogP contribution in [0, 0.1) is 0 Å². The lowest BCUT2D eigenvalue weighted by Gasteiger charge is -2.20. The van der Waals surface area contributed by atoms with Gasteiger partial charge < -0.3 is 0 Å². The molecule has 4 aromatic carbocycles. The number of fused-ring (bicyclic) bond motifs is 6. The Labute approximate surface area is 205 Å². The molecule has 0 atom stereocenters. The lowest BCUT2D eigenvalue weighted by molar-refractivity contribution is 0.590. The molecule has 0 amide bonds. The van der Waals surface area contributed by atoms with Crippen molar-refractivity contribution in [2.75, 3.05) is 0 Å². The van der Waals surface area contributed by atoms with E-state index in [4.69, 9.17) is 4.98 Å². The number of imidazole rings is 1. The molecule has 4 heteroatoms. The summed E-state index contributed by atoms with van der Waals surface area (Å²) in [7, 11) is 0. The van der Waals surface area contributed by atoms with E-state index >= 15 is 0 Å². The van der Waals surface area contributed by atoms with Gasteiger partial charge in [-0.05, 0) is 61.9 Å². The summed E-state index contributed by atoms with van der Waals surface area (Å²) in [5, 5.41) is 4.91. The normalized spacial score (nSPS) is 12.2. The second-order valence-electron chi connectivity index (χ2n) is 9.46. The SMILES string of the molecule is CC(C)(C)c1ccc(-n2c(-c3ccc(Br)s3)nc3c4ccccc4c4ccccc4c32)cc1. The van der Waals surface area contributed by atoms with E-state index in [-0.39, 0.29) is 5.41 Å². The summed E-state index contributed by atoms with van der Waals surface area (Å²) in [6.45, 7) is 6.76. The molecule has 0 unspecified atom stereocenters. The summed E-state index contributed by atoms with van der Waals surface area (Å²) in [6, 6.07) is 30.5. The molecule has 0 aliphatic rings. The minimum absolute atomic E-state index is 0.111. The number of hydrogen-bond acceptors (Lipinski definition) is 2. The van der Waals surface area contributed by atoms with Crippen molar-refractivity contribution in [2.24, 2.45) is 0 Å². The molecule has 0 spiro atoms. The zero-order valence-corrected chi connectivity index (χ0v) is 21.2. The van der Waals surface area contributed by atoms with Crippen LogP contribution in [0.2, 0.25) is 0 Å². The lowest BCUT2D eigenvalue weighted by atomic mass is 9.87. The van der Waals surface area contributed by atoms with Crippen LogP contribution >= 0.6 is 27.3 Å². The Morgan fingerprint density at radius 1 is 0.727 bits per heavy atom. The maximum atomic E-state index is 5.27. The third-order valence-electron chi connectivity index (χ3n) is 6.32. The minimum Gasteiger partial charge on any atom is -0.291 e. The van der Waals surface area contributed by atoms with Crippen molar-refractivity contribution < 1.29 is 0 Å². The van der Waals surface area contributed by atoms with Crippen molar-refractivity contribution in [3.8, 4) is 16.4 Å². The standard InChI is InChI=1S/C29H23BrN2S/c1-29(2,3)18-12-14-19(15-13-18)32-27-23-11-7-5-9-21(23)20-8-4-6-10-22(20)26(27)31-28(32)24-16-17-25(30)33-24/h4-17H,1-3H3. The van der Waals surface area contributed by atoms with Gasteiger partial charge in [0, 0.05) is 16.5 Å². The Bertz CT molecular complexity index is 1650. The van der Waals surface area contributed by atoms with Crippen LogP contribution in [0.5, 0.6) is 0 Å². The van der Waals surface area contributed by atoms with E-state index in [1.807, 2.05) is 0 Å². The van der Waals surface area contributed by atoms with Crippen molar-refractivity contribution in [2.45, 2.75) is 26.2 Å². The summed E-state index contributed by atoms with van der Waals surface area (Å²) in [5.41, 5.74) is 4.77. The predicted octanol–water partition coefficient (Wildman–Crippen LogP) is 9.12. The maximum Gasteiger partial charge on any atom is 0.155 e. The van der Waals surface area contributed by atoms with Gasteiger partial charge in [0.2, 0.25) is 0 Å². The zero-order valence-electron chi connectivity index (χ0n) is 18.8. The number of nitrogens with zero attached hydrogens (tertiary/aromatic N) is 2. The largest absolute Gasteiger partial charge is 0.291 e. The molecule has 2 heterocycles. The molecule has 0 saturated carbocycles. The fourth-order valence-corrected chi connectivity index (χ4v) is 6.03. The van der Waals surface area contributed by atoms with Gasteiger partial charge in [0.25, 0.3) is 0 Å². The lowest BCUT2D eigenvalue weighted by Crippen LogP contribution is -2.11. The first kappa shape index (κ1) is 20.6. The van der Waals surface area contributed by atoms with Crippen LogP contribution in [-0.2, 0) is 5.41 Å². The fraction of sp³-hybridized carbons (Fsp3) is 0.138. The number of benzene rings is 4. The van der Waals surface area contributed by atoms with Gasteiger partial charge >= 0.3 is 0 Å². The molecule has 162 valence electrons. The molecular formula is C29H23BrN2S. The van der Waals surface area contributed by atoms with Crippen LogP contribution in [0.3, 0.4) is 0 Å². The third-order valence-corrected chi connectivity index (χ3v) is 7.94. The summed E-state index contributed by atoms with van der Waals surface area (Å²) in [5.74, 6) is 0.978. The smallest absolute Gasteiger partial charge is 0.155 e. The van der Waals surface area contributed by atoms with Crippen LogP contribution in [0.1, 0.15) is 26.3 Å². The number of aromatic nitrogens is 2. The molecule has 2 aromatic heterocycles. The van der Waals surface area contributed by atoms with Gasteiger partial charge in [-0.15, -0.1) is 11.3 Å². The topological polar surface area (TPSA) is 17.8 Å². The number of halogens is 1. The maximum absolute atomic E-state index is 5.27. The monoisotopic (exact) mass is 510 g/mol. The summed E-state index contributed by atoms with van der Waals surface area (Å²) in [6.07, 6.45) is 0. The Kier molecular flexibility index (Phi) is 4.72. The average molecular weight is 511 g/mol. The highest BCUT2D eigenvalue weighted by atomic mass is 79.9. The number of thiophene rings is 1. The van der Waals surface area contributed by atoms with Crippen molar-refractivity contribution in [3.63, 3.8) is 0 Å². The quantitative estimate of drug-likeness (QED) is 0.212. The highest BCUT2D eigenvalue weighted by molar-refractivity contribution is 9.11. The first-order chi connectivity index (χ1) is 15.9. The minimum atomic E-state index is 0.111. The van der Waals surface area contributed by atoms with E-state index < -0.39 is 0 Å². The van der Waals surface area contributed by atoms with Crippen LogP contribution in [0.25, 0.3) is 49.0 Å². The molecule has 0 aliphatic carbocycles. The summed E-state index contributed by atoms with van der Waals surface area (Å²) in [4.78, 5) is 6.42. The second kappa shape index (κ2) is 7.54. The van der Waals surface area contributed by atoms with E-state index in [1.165, 1.54) is 27.1 Å². The Hall–Kier alpha value is -2.95. The molecule has 0 aliphatic heterocycles. The fourth-order valence-electron chi connectivity index (χ4n) is 4.67. The molecule has 6 rings (SSSR count). The van der Waals surface area contributed by atoms with Crippen LogP contribution in [0.4, 0.5) is 0 Å². The average Bonchev–Trinajstić information content (AvgIpc) is 3.43. The Morgan fingerprint density at radius 3 is 1.94 bits per heavy atom. The van der Waals surface area contributed by atoms with Crippen LogP contribution in [-0.4, -0.2) is 9.55 Å². The van der Waals surface area contributed by atoms with Crippen molar-refractivity contribution in [1.82, 2.24) is 9.55 Å². The molecular weight excluding hydrogens is 488 g/mol. The molecule has 2 nitrogen and oxygen atoms in total. The molecule has 0 saturated heterocycles. The number of hydrogen-bond donors (Lipinski definition) is 0. The molecule has 0 fully saturated rings. The van der Waals surface area contributed by atoms with Gasteiger partial charge in [-0.1, -0.05) is 81.4 Å². The van der Waals surface area contributed by atoms with Gasteiger partial charge in [-0.25, -0.2) is 4.98 Å². The van der Waals surface area contributed by atoms with Crippen LogP contribution < -0.4 is 0 Å². The first-order valence-corrected chi connectivity index (χ1v) is 12.7. The second-order valence-corrected chi connectivity index (χ2v) is 11.9. The zero-order chi connectivity index (χ0) is 22.7. The van der Waals surface area contributed by atoms with Gasteiger partial charge in [-0.2, -0.15) is 0 Å². The Morgan fingerprint density at radius 2 is 1.33 bits per heavy atom. The van der Waals surface area contributed by atoms with Crippen molar-refractivity contribution in [3.05, 3.63) is 94.3 Å². The molecule has 0 radical (unpaired) electrons. The highest BCUT2D eigenvalue weighted by Gasteiger charge is 2.21. The van der Waals surface area contributed by atoms with Gasteiger partial charge in [-0.3, -0.25) is 4.57 Å². The molecule has 0 bridgehead atoms. The van der Waals surface area contributed by atoms with E-state index in [0.29, 0.717) is 0 Å². The van der Waals surface area contributed by atoms with Gasteiger partial charge in [0.15, 0.2) is 5.82 Å². The third kappa shape index (κ3) is 3.32. The molecule has 33 heavy (non-hydrogen) atoms. The van der Waals surface area contributed by atoms with E-state index in [9.17, 15) is 0 Å². The summed E-state index contributed by atoms with van der Waals surface area (Å²) >= 11 is 5.36. The molecule has 0 N–H and O–H groups in total. The first-order valence-electron chi connectivity index (χ1n) is 11.1. The van der Waals surface area contributed by atoms with Crippen molar-refractivity contribution in [1.29, 1.82) is 0 Å². The van der Waals surface area contributed by atoms with Crippen LogP contribution in [0.15, 0.2) is 88.7 Å². The van der Waals surface area contributed by atoms with Gasteiger partial charge in [0.05, 0.1) is 19.7 Å². The van der Waals surface area contributed by atoms with E-state index in [1.54, 1.807) is 11.3 Å². The van der Waals surface area contributed by atoms with Crippen molar-refractivity contribution >= 4 is 59.8 Å². The summed E-state index contributed by atoms with van der Waals surface area (Å²) < 4.78 is 3.45. The van der Waals surface area contributed by atoms with E-state index in [0.717, 1.165) is 31.2 Å². The number of rotatable bonds is 2. The Balaban J connectivity index is 1.78. The predicted molar refractivity (Wildman–Crippen MR) is 146 cm³/mol. The molecule has 6 aromatic rings. The van der Waals surface area contributed by atoms with Gasteiger partial charge in [0.1, 0.15) is 0 Å². The van der Waals surface area contributed by atoms with E-state index in [2.05, 4.69) is 126 Å².